The van der Waals surface area contributed by atoms with Crippen LogP contribution in [-0.2, 0) is 6.54 Å². The lowest BCUT2D eigenvalue weighted by molar-refractivity contribution is 0.542. The number of rotatable bonds is 6. The summed E-state index contributed by atoms with van der Waals surface area (Å²) < 4.78 is 2.21. The maximum absolute atomic E-state index is 4.51. The van der Waals surface area contributed by atoms with Crippen molar-refractivity contribution >= 4 is 0 Å². The number of H-pyrrole nitrogens is 1. The first-order chi connectivity index (χ1) is 8.77. The summed E-state index contributed by atoms with van der Waals surface area (Å²) in [4.78, 5) is 4.51. The van der Waals surface area contributed by atoms with Crippen molar-refractivity contribution in [2.45, 2.75) is 39.8 Å². The number of aromatic amines is 1. The van der Waals surface area contributed by atoms with Gasteiger partial charge in [0.25, 0.3) is 0 Å². The van der Waals surface area contributed by atoms with E-state index in [1.165, 1.54) is 5.56 Å². The maximum Gasteiger partial charge on any atom is 0.130 e. The SMILES string of the molecule is CCCn1ccnc1C(NCC)c1cn[nH]c1C. The van der Waals surface area contributed by atoms with E-state index < -0.39 is 0 Å². The van der Waals surface area contributed by atoms with Gasteiger partial charge in [0, 0.05) is 30.2 Å². The highest BCUT2D eigenvalue weighted by Gasteiger charge is 2.20. The second kappa shape index (κ2) is 5.82. The van der Waals surface area contributed by atoms with E-state index in [1.54, 1.807) is 0 Å². The van der Waals surface area contributed by atoms with Crippen molar-refractivity contribution in [3.63, 3.8) is 0 Å². The number of nitrogens with zero attached hydrogens (tertiary/aromatic N) is 3. The molecular weight excluding hydrogens is 226 g/mol. The first kappa shape index (κ1) is 12.8. The molecular formula is C13H21N5. The van der Waals surface area contributed by atoms with Crippen LogP contribution in [0, 0.1) is 6.92 Å². The molecule has 5 nitrogen and oxygen atoms in total. The molecule has 2 aromatic rings. The van der Waals surface area contributed by atoms with Crippen molar-refractivity contribution in [3.8, 4) is 0 Å². The van der Waals surface area contributed by atoms with Gasteiger partial charge in [0.05, 0.1) is 12.2 Å². The first-order valence-electron chi connectivity index (χ1n) is 6.52. The predicted molar refractivity (Wildman–Crippen MR) is 71.4 cm³/mol. The summed E-state index contributed by atoms with van der Waals surface area (Å²) in [7, 11) is 0. The third-order valence-electron chi connectivity index (χ3n) is 3.06. The van der Waals surface area contributed by atoms with E-state index in [9.17, 15) is 0 Å². The molecule has 2 heterocycles. The Labute approximate surface area is 108 Å². The highest BCUT2D eigenvalue weighted by atomic mass is 15.1. The van der Waals surface area contributed by atoms with Gasteiger partial charge < -0.3 is 9.88 Å². The third-order valence-corrected chi connectivity index (χ3v) is 3.06. The van der Waals surface area contributed by atoms with Crippen LogP contribution in [0.15, 0.2) is 18.6 Å². The molecule has 5 heteroatoms. The fourth-order valence-corrected chi connectivity index (χ4v) is 2.21. The Kier molecular flexibility index (Phi) is 4.15. The third kappa shape index (κ3) is 2.46. The predicted octanol–water partition coefficient (Wildman–Crippen LogP) is 2.02. The summed E-state index contributed by atoms with van der Waals surface area (Å²) in [6.07, 6.45) is 6.89. The van der Waals surface area contributed by atoms with E-state index in [-0.39, 0.29) is 6.04 Å². The molecule has 0 aliphatic rings. The van der Waals surface area contributed by atoms with Gasteiger partial charge in [-0.3, -0.25) is 5.10 Å². The number of aromatic nitrogens is 4. The summed E-state index contributed by atoms with van der Waals surface area (Å²) in [5, 5.41) is 10.6. The lowest BCUT2D eigenvalue weighted by Gasteiger charge is -2.18. The van der Waals surface area contributed by atoms with Gasteiger partial charge in [-0.2, -0.15) is 5.10 Å². The summed E-state index contributed by atoms with van der Waals surface area (Å²) in [6, 6.07) is 0.107. The summed E-state index contributed by atoms with van der Waals surface area (Å²) in [5.41, 5.74) is 2.26. The molecule has 0 amide bonds. The normalized spacial score (nSPS) is 12.8. The van der Waals surface area contributed by atoms with Crippen LogP contribution in [0.2, 0.25) is 0 Å². The first-order valence-corrected chi connectivity index (χ1v) is 6.52. The van der Waals surface area contributed by atoms with Gasteiger partial charge in [-0.25, -0.2) is 4.98 Å². The van der Waals surface area contributed by atoms with Gasteiger partial charge >= 0.3 is 0 Å². The molecule has 1 atom stereocenters. The van der Waals surface area contributed by atoms with Crippen LogP contribution < -0.4 is 5.32 Å². The van der Waals surface area contributed by atoms with E-state index in [4.69, 9.17) is 0 Å². The average Bonchev–Trinajstić information content (AvgIpc) is 2.96. The minimum Gasteiger partial charge on any atom is -0.333 e. The lowest BCUT2D eigenvalue weighted by Crippen LogP contribution is -2.25. The van der Waals surface area contributed by atoms with Crippen molar-refractivity contribution in [1.29, 1.82) is 0 Å². The summed E-state index contributed by atoms with van der Waals surface area (Å²) >= 11 is 0. The summed E-state index contributed by atoms with van der Waals surface area (Å²) in [6.45, 7) is 8.22. The molecule has 0 spiro atoms. The second-order valence-electron chi connectivity index (χ2n) is 4.42. The second-order valence-corrected chi connectivity index (χ2v) is 4.42. The molecule has 0 aromatic carbocycles. The lowest BCUT2D eigenvalue weighted by atomic mass is 10.1. The molecule has 2 rings (SSSR count). The molecule has 0 saturated heterocycles. The molecule has 0 bridgehead atoms. The van der Waals surface area contributed by atoms with E-state index in [2.05, 4.69) is 38.9 Å². The number of imidazole rings is 1. The van der Waals surface area contributed by atoms with Gasteiger partial charge in [-0.15, -0.1) is 0 Å². The number of hydrogen-bond donors (Lipinski definition) is 2. The molecule has 2 N–H and O–H groups in total. The van der Waals surface area contributed by atoms with E-state index in [0.717, 1.165) is 31.0 Å². The standard InChI is InChI=1S/C13H21N5/c1-4-7-18-8-6-15-13(18)12(14-5-2)11-9-16-17-10(11)3/h6,8-9,12,14H,4-5,7H2,1-3H3,(H,16,17). The quantitative estimate of drug-likeness (QED) is 0.821. The Bertz CT molecular complexity index is 485. The monoisotopic (exact) mass is 247 g/mol. The largest absolute Gasteiger partial charge is 0.333 e. The molecule has 0 aliphatic carbocycles. The van der Waals surface area contributed by atoms with Crippen molar-refractivity contribution in [2.75, 3.05) is 6.54 Å². The molecule has 2 aromatic heterocycles. The Morgan fingerprint density at radius 2 is 2.28 bits per heavy atom. The zero-order valence-corrected chi connectivity index (χ0v) is 11.3. The van der Waals surface area contributed by atoms with Crippen LogP contribution in [0.25, 0.3) is 0 Å². The topological polar surface area (TPSA) is 58.5 Å². The maximum atomic E-state index is 4.51. The van der Waals surface area contributed by atoms with Crippen LogP contribution in [0.5, 0.6) is 0 Å². The van der Waals surface area contributed by atoms with Gasteiger partial charge in [0.15, 0.2) is 0 Å². The van der Waals surface area contributed by atoms with Gasteiger partial charge in [-0.05, 0) is 19.9 Å². The molecule has 0 radical (unpaired) electrons. The Hall–Kier alpha value is -1.62. The Morgan fingerprint density at radius 3 is 2.89 bits per heavy atom. The molecule has 18 heavy (non-hydrogen) atoms. The molecule has 0 aliphatic heterocycles. The number of nitrogens with one attached hydrogen (secondary N) is 2. The van der Waals surface area contributed by atoms with Crippen molar-refractivity contribution in [1.82, 2.24) is 25.1 Å². The van der Waals surface area contributed by atoms with Crippen LogP contribution >= 0.6 is 0 Å². The fourth-order valence-electron chi connectivity index (χ4n) is 2.21. The molecule has 0 saturated carbocycles. The zero-order chi connectivity index (χ0) is 13.0. The number of aryl methyl sites for hydroxylation is 2. The summed E-state index contributed by atoms with van der Waals surface area (Å²) in [5.74, 6) is 1.06. The van der Waals surface area contributed by atoms with Crippen LogP contribution in [0.3, 0.4) is 0 Å². The van der Waals surface area contributed by atoms with Gasteiger partial charge in [0.1, 0.15) is 5.82 Å². The van der Waals surface area contributed by atoms with Crippen LogP contribution in [0.1, 0.15) is 43.4 Å². The van der Waals surface area contributed by atoms with Crippen molar-refractivity contribution in [3.05, 3.63) is 35.7 Å². The fraction of sp³-hybridized carbons (Fsp3) is 0.538. The number of hydrogen-bond acceptors (Lipinski definition) is 3. The zero-order valence-electron chi connectivity index (χ0n) is 11.3. The van der Waals surface area contributed by atoms with E-state index >= 15 is 0 Å². The minimum absolute atomic E-state index is 0.107. The van der Waals surface area contributed by atoms with Crippen molar-refractivity contribution < 1.29 is 0 Å². The molecule has 0 fully saturated rings. The average molecular weight is 247 g/mol. The van der Waals surface area contributed by atoms with E-state index in [0.29, 0.717) is 0 Å². The van der Waals surface area contributed by atoms with Gasteiger partial charge in [-0.1, -0.05) is 13.8 Å². The van der Waals surface area contributed by atoms with Gasteiger partial charge in [0.2, 0.25) is 0 Å². The molecule has 1 unspecified atom stereocenters. The van der Waals surface area contributed by atoms with Crippen LogP contribution in [-0.4, -0.2) is 26.3 Å². The van der Waals surface area contributed by atoms with Crippen LogP contribution in [0.4, 0.5) is 0 Å². The Balaban J connectivity index is 2.35. The highest BCUT2D eigenvalue weighted by Crippen LogP contribution is 2.22. The van der Waals surface area contributed by atoms with E-state index in [1.807, 2.05) is 25.5 Å². The van der Waals surface area contributed by atoms with Crippen molar-refractivity contribution in [2.24, 2.45) is 0 Å². The Morgan fingerprint density at radius 1 is 1.44 bits per heavy atom. The minimum atomic E-state index is 0.107. The smallest absolute Gasteiger partial charge is 0.130 e. The highest BCUT2D eigenvalue weighted by molar-refractivity contribution is 5.26. The molecule has 98 valence electrons.